The van der Waals surface area contributed by atoms with Crippen LogP contribution in [0.15, 0.2) is 46.0 Å². The van der Waals surface area contributed by atoms with Gasteiger partial charge in [0.15, 0.2) is 0 Å². The van der Waals surface area contributed by atoms with E-state index in [9.17, 15) is 0 Å². The summed E-state index contributed by atoms with van der Waals surface area (Å²) in [4.78, 5) is 0.507. The van der Waals surface area contributed by atoms with Crippen LogP contribution in [0.25, 0.3) is 0 Å². The fourth-order valence-electron chi connectivity index (χ4n) is 1.79. The maximum atomic E-state index is 3.63. The fraction of sp³-hybridized carbons (Fsp3) is 0.333. The molecule has 0 amide bonds. The molecule has 0 fully saturated rings. The number of allylic oxidation sites excluding steroid dienone is 8. The van der Waals surface area contributed by atoms with Gasteiger partial charge < -0.3 is 0 Å². The van der Waals surface area contributed by atoms with Gasteiger partial charge in [-0.1, -0.05) is 56.2 Å². The molecule has 0 saturated carbocycles. The lowest BCUT2D eigenvalue weighted by Gasteiger charge is -2.18. The molecule has 0 spiro atoms. The molecule has 0 aromatic carbocycles. The minimum Gasteiger partial charge on any atom is -0.0842 e. The molecule has 0 aliphatic heterocycles. The zero-order valence-electron chi connectivity index (χ0n) is 7.84. The summed E-state index contributed by atoms with van der Waals surface area (Å²) >= 11 is 7.17. The van der Waals surface area contributed by atoms with Gasteiger partial charge >= 0.3 is 0 Å². The van der Waals surface area contributed by atoms with Crippen LogP contribution in [0.3, 0.4) is 0 Å². The Hall–Kier alpha value is -0.0800. The van der Waals surface area contributed by atoms with Crippen molar-refractivity contribution in [1.82, 2.24) is 0 Å². The zero-order chi connectivity index (χ0) is 9.97. The molecule has 74 valence electrons. The fourth-order valence-corrected chi connectivity index (χ4v) is 2.82. The van der Waals surface area contributed by atoms with Crippen molar-refractivity contribution in [3.63, 3.8) is 0 Å². The molecule has 0 bridgehead atoms. The number of halogens is 2. The molecule has 0 N–H and O–H groups in total. The highest BCUT2D eigenvalue weighted by Gasteiger charge is 2.13. The molecule has 0 saturated heterocycles. The third-order valence-corrected chi connectivity index (χ3v) is 3.69. The minimum atomic E-state index is 0.507. The summed E-state index contributed by atoms with van der Waals surface area (Å²) in [5.74, 6) is 0. The van der Waals surface area contributed by atoms with Crippen LogP contribution >= 0.6 is 31.9 Å². The van der Waals surface area contributed by atoms with E-state index in [2.05, 4.69) is 62.2 Å². The van der Waals surface area contributed by atoms with Crippen molar-refractivity contribution in [2.75, 3.05) is 0 Å². The smallest absolute Gasteiger partial charge is 0.0368 e. The van der Waals surface area contributed by atoms with E-state index >= 15 is 0 Å². The highest BCUT2D eigenvalue weighted by Crippen LogP contribution is 2.31. The van der Waals surface area contributed by atoms with Crippen molar-refractivity contribution in [2.24, 2.45) is 0 Å². The van der Waals surface area contributed by atoms with Crippen molar-refractivity contribution < 1.29 is 0 Å². The summed E-state index contributed by atoms with van der Waals surface area (Å²) in [5, 5.41) is 0. The van der Waals surface area contributed by atoms with Crippen LogP contribution in [0.4, 0.5) is 0 Å². The first-order chi connectivity index (χ1) is 6.75. The van der Waals surface area contributed by atoms with Crippen LogP contribution in [0, 0.1) is 0 Å². The molecular weight excluding hydrogens is 304 g/mol. The van der Waals surface area contributed by atoms with E-state index in [1.807, 2.05) is 0 Å². The number of alkyl halides is 1. The van der Waals surface area contributed by atoms with Crippen LogP contribution in [-0.4, -0.2) is 4.83 Å². The Kier molecular flexibility index (Phi) is 3.45. The van der Waals surface area contributed by atoms with Crippen molar-refractivity contribution in [1.29, 1.82) is 0 Å². The third kappa shape index (κ3) is 2.48. The molecule has 0 nitrogen and oxygen atoms in total. The van der Waals surface area contributed by atoms with E-state index in [0.29, 0.717) is 4.83 Å². The molecular formula is C12H12Br2. The molecule has 2 rings (SSSR count). The second-order valence-corrected chi connectivity index (χ2v) is 5.69. The average molecular weight is 316 g/mol. The van der Waals surface area contributed by atoms with Gasteiger partial charge in [0, 0.05) is 9.31 Å². The van der Waals surface area contributed by atoms with Crippen LogP contribution < -0.4 is 0 Å². The molecule has 2 aliphatic carbocycles. The van der Waals surface area contributed by atoms with Gasteiger partial charge in [-0.15, -0.1) is 0 Å². The molecule has 1 unspecified atom stereocenters. The molecule has 0 heterocycles. The maximum absolute atomic E-state index is 3.63. The Morgan fingerprint density at radius 2 is 2.14 bits per heavy atom. The third-order valence-electron chi connectivity index (χ3n) is 2.51. The summed E-state index contributed by atoms with van der Waals surface area (Å²) in [6.07, 6.45) is 14.5. The van der Waals surface area contributed by atoms with Gasteiger partial charge in [-0.3, -0.25) is 0 Å². The van der Waals surface area contributed by atoms with Gasteiger partial charge in [0.05, 0.1) is 0 Å². The average Bonchev–Trinajstić information content (AvgIpc) is 2.18. The Labute approximate surface area is 102 Å². The van der Waals surface area contributed by atoms with E-state index < -0.39 is 0 Å². The monoisotopic (exact) mass is 314 g/mol. The van der Waals surface area contributed by atoms with Gasteiger partial charge in [0.2, 0.25) is 0 Å². The summed E-state index contributed by atoms with van der Waals surface area (Å²) < 4.78 is 1.22. The lowest BCUT2D eigenvalue weighted by molar-refractivity contribution is 0.910. The van der Waals surface area contributed by atoms with E-state index in [1.165, 1.54) is 22.0 Å². The summed E-state index contributed by atoms with van der Waals surface area (Å²) in [6, 6.07) is 0. The lowest BCUT2D eigenvalue weighted by atomic mass is 9.92. The van der Waals surface area contributed by atoms with Gasteiger partial charge in [-0.2, -0.15) is 0 Å². The normalized spacial score (nSPS) is 26.7. The predicted molar refractivity (Wildman–Crippen MR) is 68.9 cm³/mol. The number of hydrogen-bond acceptors (Lipinski definition) is 0. The standard InChI is InChI=1S/C12H12Br2/c13-11-5-1-3-9(7-11)10-4-2-6-12(14)8-10/h1,3,5-6,8,11H,2,4,7H2. The second kappa shape index (κ2) is 4.63. The Morgan fingerprint density at radius 1 is 1.29 bits per heavy atom. The largest absolute Gasteiger partial charge is 0.0842 e. The van der Waals surface area contributed by atoms with Crippen molar-refractivity contribution >= 4 is 31.9 Å². The van der Waals surface area contributed by atoms with Gasteiger partial charge in [0.25, 0.3) is 0 Å². The Morgan fingerprint density at radius 3 is 2.86 bits per heavy atom. The van der Waals surface area contributed by atoms with Crippen LogP contribution in [-0.2, 0) is 0 Å². The summed E-state index contributed by atoms with van der Waals surface area (Å²) in [7, 11) is 0. The molecule has 0 aromatic rings. The molecule has 0 radical (unpaired) electrons. The van der Waals surface area contributed by atoms with Gasteiger partial charge in [-0.05, 0) is 36.5 Å². The van der Waals surface area contributed by atoms with E-state index in [1.54, 1.807) is 0 Å². The van der Waals surface area contributed by atoms with Crippen molar-refractivity contribution in [3.05, 3.63) is 46.0 Å². The van der Waals surface area contributed by atoms with Crippen molar-refractivity contribution in [3.8, 4) is 0 Å². The first-order valence-electron chi connectivity index (χ1n) is 4.84. The van der Waals surface area contributed by atoms with Crippen LogP contribution in [0.2, 0.25) is 0 Å². The molecule has 1 atom stereocenters. The maximum Gasteiger partial charge on any atom is 0.0368 e. The first kappa shape index (κ1) is 10.4. The quantitative estimate of drug-likeness (QED) is 0.619. The van der Waals surface area contributed by atoms with Crippen LogP contribution in [0.5, 0.6) is 0 Å². The van der Waals surface area contributed by atoms with E-state index in [4.69, 9.17) is 0 Å². The van der Waals surface area contributed by atoms with E-state index in [-0.39, 0.29) is 0 Å². The molecule has 0 aromatic heterocycles. The Bertz CT molecular complexity index is 345. The summed E-state index contributed by atoms with van der Waals surface area (Å²) in [6.45, 7) is 0. The van der Waals surface area contributed by atoms with Crippen molar-refractivity contribution in [2.45, 2.75) is 24.1 Å². The highest BCUT2D eigenvalue weighted by atomic mass is 79.9. The van der Waals surface area contributed by atoms with Gasteiger partial charge in [0.1, 0.15) is 0 Å². The van der Waals surface area contributed by atoms with Gasteiger partial charge in [-0.25, -0.2) is 0 Å². The minimum absolute atomic E-state index is 0.507. The predicted octanol–water partition coefficient (Wildman–Crippen LogP) is 4.64. The molecule has 2 aliphatic rings. The first-order valence-corrected chi connectivity index (χ1v) is 6.54. The highest BCUT2D eigenvalue weighted by molar-refractivity contribution is 9.11. The second-order valence-electron chi connectivity index (χ2n) is 3.59. The Balaban J connectivity index is 2.19. The molecule has 2 heteroatoms. The SMILES string of the molecule is BrC1=CCCC(C2=CC=CC(Br)C2)=C1. The van der Waals surface area contributed by atoms with Crippen LogP contribution in [0.1, 0.15) is 19.3 Å². The lowest BCUT2D eigenvalue weighted by Crippen LogP contribution is -2.03. The molecule has 14 heavy (non-hydrogen) atoms. The number of hydrogen-bond donors (Lipinski definition) is 0. The number of rotatable bonds is 1. The van der Waals surface area contributed by atoms with E-state index in [0.717, 1.165) is 12.8 Å². The summed E-state index contributed by atoms with van der Waals surface area (Å²) in [5.41, 5.74) is 2.95. The zero-order valence-corrected chi connectivity index (χ0v) is 11.0. The topological polar surface area (TPSA) is 0 Å².